The lowest BCUT2D eigenvalue weighted by molar-refractivity contribution is -0.134. The van der Waals surface area contributed by atoms with E-state index in [0.29, 0.717) is 17.9 Å². The maximum Gasteiger partial charge on any atom is 0.338 e. The summed E-state index contributed by atoms with van der Waals surface area (Å²) in [6, 6.07) is 6.97. The fourth-order valence-electron chi connectivity index (χ4n) is 1.77. The molecule has 0 bridgehead atoms. The maximum atomic E-state index is 11.6. The van der Waals surface area contributed by atoms with Crippen molar-refractivity contribution < 1.29 is 19.1 Å². The summed E-state index contributed by atoms with van der Waals surface area (Å²) in [5.74, 6) is -0.783. The maximum absolute atomic E-state index is 11.6. The van der Waals surface area contributed by atoms with Gasteiger partial charge in [0.15, 0.2) is 0 Å². The molecule has 0 fully saturated rings. The Bertz CT molecular complexity index is 686. The number of hydrogen-bond donors (Lipinski definition) is 0. The molecule has 0 atom stereocenters. The number of esters is 2. The number of rotatable bonds is 5. The molecular formula is C16H16N2O4. The van der Waals surface area contributed by atoms with Crippen LogP contribution in [0.2, 0.25) is 0 Å². The van der Waals surface area contributed by atoms with E-state index in [4.69, 9.17) is 4.74 Å². The van der Waals surface area contributed by atoms with Crippen LogP contribution in [0, 0.1) is 0 Å². The van der Waals surface area contributed by atoms with E-state index in [1.165, 1.54) is 13.2 Å². The Labute approximate surface area is 128 Å². The number of imidazole rings is 1. The summed E-state index contributed by atoms with van der Waals surface area (Å²) >= 11 is 0. The van der Waals surface area contributed by atoms with Crippen LogP contribution in [0.3, 0.4) is 0 Å². The monoisotopic (exact) mass is 300 g/mol. The fraction of sp³-hybridized carbons (Fsp3) is 0.188. The van der Waals surface area contributed by atoms with Gasteiger partial charge >= 0.3 is 11.9 Å². The quantitative estimate of drug-likeness (QED) is 0.625. The van der Waals surface area contributed by atoms with E-state index >= 15 is 0 Å². The van der Waals surface area contributed by atoms with Gasteiger partial charge in [0, 0.05) is 18.0 Å². The fourth-order valence-corrected chi connectivity index (χ4v) is 1.77. The first kappa shape index (κ1) is 15.5. The number of benzene rings is 1. The van der Waals surface area contributed by atoms with E-state index in [9.17, 15) is 9.59 Å². The SMILES string of the molecule is CCOC(=O)c1ccc(-n2cnc(/C=C/C(=O)OC)c2)cc1. The largest absolute Gasteiger partial charge is 0.466 e. The number of carbonyl (C=O) groups is 2. The summed E-state index contributed by atoms with van der Waals surface area (Å²) in [6.45, 7) is 2.11. The average molecular weight is 300 g/mol. The van der Waals surface area contributed by atoms with Crippen LogP contribution in [0.25, 0.3) is 11.8 Å². The third-order valence-electron chi connectivity index (χ3n) is 2.87. The van der Waals surface area contributed by atoms with Crippen LogP contribution in [-0.2, 0) is 14.3 Å². The zero-order valence-corrected chi connectivity index (χ0v) is 12.4. The zero-order chi connectivity index (χ0) is 15.9. The third kappa shape index (κ3) is 3.82. The molecule has 0 radical (unpaired) electrons. The first-order valence-electron chi connectivity index (χ1n) is 6.71. The highest BCUT2D eigenvalue weighted by molar-refractivity contribution is 5.89. The minimum Gasteiger partial charge on any atom is -0.466 e. The van der Waals surface area contributed by atoms with E-state index in [1.807, 2.05) is 0 Å². The van der Waals surface area contributed by atoms with Crippen LogP contribution in [0.5, 0.6) is 0 Å². The molecule has 6 heteroatoms. The van der Waals surface area contributed by atoms with Gasteiger partial charge in [0.2, 0.25) is 0 Å². The highest BCUT2D eigenvalue weighted by Crippen LogP contribution is 2.12. The van der Waals surface area contributed by atoms with Gasteiger partial charge in [-0.1, -0.05) is 0 Å². The molecule has 0 N–H and O–H groups in total. The topological polar surface area (TPSA) is 70.4 Å². The van der Waals surface area contributed by atoms with Crippen molar-refractivity contribution in [3.8, 4) is 5.69 Å². The van der Waals surface area contributed by atoms with E-state index < -0.39 is 5.97 Å². The molecule has 0 aliphatic heterocycles. The molecular weight excluding hydrogens is 284 g/mol. The Morgan fingerprint density at radius 2 is 2.00 bits per heavy atom. The standard InChI is InChI=1S/C16H16N2O4/c1-3-22-16(20)12-4-7-14(8-5-12)18-10-13(17-11-18)6-9-15(19)21-2/h4-11H,3H2,1-2H3/b9-6+. The average Bonchev–Trinajstić information content (AvgIpc) is 3.02. The van der Waals surface area contributed by atoms with Gasteiger partial charge in [0.1, 0.15) is 0 Å². The summed E-state index contributed by atoms with van der Waals surface area (Å²) < 4.78 is 11.2. The molecule has 1 aromatic carbocycles. The Hall–Kier alpha value is -2.89. The van der Waals surface area contributed by atoms with Crippen LogP contribution in [0.4, 0.5) is 0 Å². The molecule has 0 saturated carbocycles. The Morgan fingerprint density at radius 3 is 2.64 bits per heavy atom. The first-order chi connectivity index (χ1) is 10.6. The molecule has 0 aliphatic carbocycles. The Morgan fingerprint density at radius 1 is 1.27 bits per heavy atom. The normalized spacial score (nSPS) is 10.6. The predicted molar refractivity (Wildman–Crippen MR) is 80.6 cm³/mol. The van der Waals surface area contributed by atoms with Crippen LogP contribution < -0.4 is 0 Å². The summed E-state index contributed by atoms with van der Waals surface area (Å²) in [5, 5.41) is 0. The van der Waals surface area contributed by atoms with Gasteiger partial charge in [-0.25, -0.2) is 14.6 Å². The number of ether oxygens (including phenoxy) is 2. The minimum absolute atomic E-state index is 0.345. The van der Waals surface area contributed by atoms with Crippen molar-refractivity contribution in [2.75, 3.05) is 13.7 Å². The van der Waals surface area contributed by atoms with Crippen molar-refractivity contribution >= 4 is 18.0 Å². The summed E-state index contributed by atoms with van der Waals surface area (Å²) in [6.07, 6.45) is 6.25. The third-order valence-corrected chi connectivity index (χ3v) is 2.87. The predicted octanol–water partition coefficient (Wildman–Crippen LogP) is 2.24. The summed E-state index contributed by atoms with van der Waals surface area (Å²) in [7, 11) is 1.32. The molecule has 1 heterocycles. The lowest BCUT2D eigenvalue weighted by Gasteiger charge is -2.04. The summed E-state index contributed by atoms with van der Waals surface area (Å²) in [4.78, 5) is 26.8. The van der Waals surface area contributed by atoms with Gasteiger partial charge in [0.05, 0.1) is 31.3 Å². The molecule has 0 saturated heterocycles. The Kier molecular flexibility index (Phi) is 5.08. The molecule has 0 spiro atoms. The lowest BCUT2D eigenvalue weighted by atomic mass is 10.2. The second kappa shape index (κ2) is 7.21. The van der Waals surface area contributed by atoms with Crippen LogP contribution >= 0.6 is 0 Å². The molecule has 0 aliphatic rings. The van der Waals surface area contributed by atoms with Crippen molar-refractivity contribution in [2.45, 2.75) is 6.92 Å². The lowest BCUT2D eigenvalue weighted by Crippen LogP contribution is -2.04. The van der Waals surface area contributed by atoms with Gasteiger partial charge in [0.25, 0.3) is 0 Å². The number of nitrogens with zero attached hydrogens (tertiary/aromatic N) is 2. The molecule has 22 heavy (non-hydrogen) atoms. The molecule has 0 unspecified atom stereocenters. The second-order valence-corrected chi connectivity index (χ2v) is 4.33. The molecule has 6 nitrogen and oxygen atoms in total. The summed E-state index contributed by atoms with van der Waals surface area (Å²) in [5.41, 5.74) is 1.97. The van der Waals surface area contributed by atoms with Crippen molar-refractivity contribution in [3.63, 3.8) is 0 Å². The number of carbonyl (C=O) groups excluding carboxylic acids is 2. The van der Waals surface area contributed by atoms with Crippen molar-refractivity contribution in [1.29, 1.82) is 0 Å². The molecule has 114 valence electrons. The van der Waals surface area contributed by atoms with Gasteiger partial charge in [-0.2, -0.15) is 0 Å². The second-order valence-electron chi connectivity index (χ2n) is 4.33. The van der Waals surface area contributed by atoms with Crippen LogP contribution in [0.15, 0.2) is 42.9 Å². The molecule has 1 aromatic heterocycles. The zero-order valence-electron chi connectivity index (χ0n) is 12.4. The molecule has 0 amide bonds. The van der Waals surface area contributed by atoms with E-state index in [-0.39, 0.29) is 5.97 Å². The first-order valence-corrected chi connectivity index (χ1v) is 6.71. The van der Waals surface area contributed by atoms with Crippen LogP contribution in [0.1, 0.15) is 23.0 Å². The van der Waals surface area contributed by atoms with Gasteiger partial charge in [-0.3, -0.25) is 0 Å². The minimum atomic E-state index is -0.437. The smallest absolute Gasteiger partial charge is 0.338 e. The van der Waals surface area contributed by atoms with Crippen molar-refractivity contribution in [3.05, 3.63) is 54.1 Å². The number of aromatic nitrogens is 2. The van der Waals surface area contributed by atoms with Gasteiger partial charge in [-0.15, -0.1) is 0 Å². The van der Waals surface area contributed by atoms with E-state index in [0.717, 1.165) is 5.69 Å². The Balaban J connectivity index is 2.12. The van der Waals surface area contributed by atoms with Crippen LogP contribution in [-0.4, -0.2) is 35.2 Å². The van der Waals surface area contributed by atoms with Crippen molar-refractivity contribution in [2.24, 2.45) is 0 Å². The van der Waals surface area contributed by atoms with E-state index in [1.54, 1.807) is 54.4 Å². The molecule has 2 rings (SSSR count). The molecule has 2 aromatic rings. The van der Waals surface area contributed by atoms with Gasteiger partial charge in [-0.05, 0) is 37.3 Å². The highest BCUT2D eigenvalue weighted by Gasteiger charge is 2.06. The van der Waals surface area contributed by atoms with E-state index in [2.05, 4.69) is 9.72 Å². The number of hydrogen-bond acceptors (Lipinski definition) is 5. The number of methoxy groups -OCH3 is 1. The van der Waals surface area contributed by atoms with Crippen molar-refractivity contribution in [1.82, 2.24) is 9.55 Å². The highest BCUT2D eigenvalue weighted by atomic mass is 16.5. The van der Waals surface area contributed by atoms with Gasteiger partial charge < -0.3 is 14.0 Å².